The first-order chi connectivity index (χ1) is 14.0. The zero-order valence-electron chi connectivity index (χ0n) is 16.5. The third-order valence-electron chi connectivity index (χ3n) is 5.13. The van der Waals surface area contributed by atoms with Crippen LogP contribution in [0.15, 0.2) is 42.5 Å². The second kappa shape index (κ2) is 8.13. The van der Waals surface area contributed by atoms with Gasteiger partial charge in [-0.15, -0.1) is 0 Å². The molecule has 2 aliphatic heterocycles. The smallest absolute Gasteiger partial charge is 0.253 e. The molecule has 7 heteroatoms. The molecule has 2 amide bonds. The summed E-state index contributed by atoms with van der Waals surface area (Å²) in [4.78, 5) is 26.5. The van der Waals surface area contributed by atoms with Crippen molar-refractivity contribution in [2.24, 2.45) is 0 Å². The van der Waals surface area contributed by atoms with Gasteiger partial charge in [0.2, 0.25) is 6.79 Å². The molecule has 0 aromatic heterocycles. The average molecular weight is 396 g/mol. The summed E-state index contributed by atoms with van der Waals surface area (Å²) in [7, 11) is 0. The van der Waals surface area contributed by atoms with E-state index in [4.69, 9.17) is 14.2 Å². The van der Waals surface area contributed by atoms with Gasteiger partial charge in [-0.2, -0.15) is 0 Å². The van der Waals surface area contributed by atoms with Crippen molar-refractivity contribution in [3.63, 3.8) is 0 Å². The van der Waals surface area contributed by atoms with Crippen LogP contribution in [0.4, 0.5) is 5.69 Å². The van der Waals surface area contributed by atoms with Crippen LogP contribution in [0.3, 0.4) is 0 Å². The summed E-state index contributed by atoms with van der Waals surface area (Å²) in [5.74, 6) is 1.32. The van der Waals surface area contributed by atoms with Gasteiger partial charge in [0.15, 0.2) is 11.5 Å². The van der Waals surface area contributed by atoms with Gasteiger partial charge in [0.1, 0.15) is 6.61 Å². The van der Waals surface area contributed by atoms with Crippen LogP contribution in [-0.4, -0.2) is 44.4 Å². The van der Waals surface area contributed by atoms with E-state index in [1.165, 1.54) is 5.56 Å². The predicted octanol–water partition coefficient (Wildman–Crippen LogP) is 2.70. The fourth-order valence-corrected chi connectivity index (χ4v) is 3.38. The molecule has 1 atom stereocenters. The summed E-state index contributed by atoms with van der Waals surface area (Å²) < 4.78 is 16.2. The molecule has 152 valence electrons. The second-order valence-corrected chi connectivity index (χ2v) is 7.46. The number of fused-ring (bicyclic) bond motifs is 1. The van der Waals surface area contributed by atoms with Crippen LogP contribution in [0.1, 0.15) is 35.7 Å². The third kappa shape index (κ3) is 4.19. The van der Waals surface area contributed by atoms with Crippen molar-refractivity contribution in [1.29, 1.82) is 0 Å². The van der Waals surface area contributed by atoms with Crippen LogP contribution < -0.4 is 19.7 Å². The number of ether oxygens (including phenoxy) is 3. The Balaban J connectivity index is 1.37. The zero-order valence-corrected chi connectivity index (χ0v) is 16.5. The van der Waals surface area contributed by atoms with Gasteiger partial charge in [0.25, 0.3) is 11.8 Å². The number of hydrogen-bond donors (Lipinski definition) is 1. The number of carbonyl (C=O) groups excluding carboxylic acids is 2. The van der Waals surface area contributed by atoms with E-state index >= 15 is 0 Å². The van der Waals surface area contributed by atoms with E-state index in [2.05, 4.69) is 19.2 Å². The maximum Gasteiger partial charge on any atom is 0.253 e. The highest BCUT2D eigenvalue weighted by atomic mass is 16.7. The number of morpholine rings is 1. The van der Waals surface area contributed by atoms with Gasteiger partial charge >= 0.3 is 0 Å². The SMILES string of the molecule is CC(C)c1ccc(N2CC(CNC(=O)c3ccc4c(c3)OCO4)OCC2=O)cc1. The van der Waals surface area contributed by atoms with Gasteiger partial charge in [0.05, 0.1) is 12.6 Å². The van der Waals surface area contributed by atoms with Crippen molar-refractivity contribution in [3.05, 3.63) is 53.6 Å². The molecule has 29 heavy (non-hydrogen) atoms. The van der Waals surface area contributed by atoms with Gasteiger partial charge in [-0.25, -0.2) is 0 Å². The summed E-state index contributed by atoms with van der Waals surface area (Å²) in [5, 5.41) is 2.87. The minimum absolute atomic E-state index is 0.00348. The van der Waals surface area contributed by atoms with Crippen molar-refractivity contribution in [2.75, 3.05) is 31.4 Å². The number of nitrogens with one attached hydrogen (secondary N) is 1. The lowest BCUT2D eigenvalue weighted by Crippen LogP contribution is -2.50. The van der Waals surface area contributed by atoms with E-state index in [0.717, 1.165) is 5.69 Å². The zero-order chi connectivity index (χ0) is 20.4. The van der Waals surface area contributed by atoms with Gasteiger partial charge < -0.3 is 24.4 Å². The number of anilines is 1. The minimum Gasteiger partial charge on any atom is -0.454 e. The summed E-state index contributed by atoms with van der Waals surface area (Å²) in [6, 6.07) is 13.1. The molecule has 1 fully saturated rings. The van der Waals surface area contributed by atoms with Crippen molar-refractivity contribution in [3.8, 4) is 11.5 Å². The Morgan fingerprint density at radius 1 is 1.14 bits per heavy atom. The maximum atomic E-state index is 12.5. The predicted molar refractivity (Wildman–Crippen MR) is 108 cm³/mol. The van der Waals surface area contributed by atoms with E-state index in [-0.39, 0.29) is 31.3 Å². The summed E-state index contributed by atoms with van der Waals surface area (Å²) in [5.41, 5.74) is 2.55. The highest BCUT2D eigenvalue weighted by Gasteiger charge is 2.28. The monoisotopic (exact) mass is 396 g/mol. The molecule has 0 spiro atoms. The van der Waals surface area contributed by atoms with Crippen molar-refractivity contribution in [1.82, 2.24) is 5.32 Å². The molecule has 2 aromatic carbocycles. The Morgan fingerprint density at radius 3 is 2.66 bits per heavy atom. The fraction of sp³-hybridized carbons (Fsp3) is 0.364. The first-order valence-corrected chi connectivity index (χ1v) is 9.71. The van der Waals surface area contributed by atoms with E-state index in [1.807, 2.05) is 24.3 Å². The second-order valence-electron chi connectivity index (χ2n) is 7.46. The summed E-state index contributed by atoms with van der Waals surface area (Å²) in [6.45, 7) is 5.12. The lowest BCUT2D eigenvalue weighted by atomic mass is 10.0. The molecular formula is C22H24N2O5. The summed E-state index contributed by atoms with van der Waals surface area (Å²) in [6.07, 6.45) is -0.282. The molecule has 1 unspecified atom stereocenters. The molecule has 0 bridgehead atoms. The molecule has 1 saturated heterocycles. The Kier molecular flexibility index (Phi) is 5.40. The Hall–Kier alpha value is -3.06. The molecule has 7 nitrogen and oxygen atoms in total. The van der Waals surface area contributed by atoms with E-state index in [0.29, 0.717) is 36.1 Å². The molecule has 2 aliphatic rings. The van der Waals surface area contributed by atoms with Gasteiger partial charge in [-0.1, -0.05) is 26.0 Å². The highest BCUT2D eigenvalue weighted by molar-refractivity contribution is 5.96. The first-order valence-electron chi connectivity index (χ1n) is 9.71. The highest BCUT2D eigenvalue weighted by Crippen LogP contribution is 2.32. The lowest BCUT2D eigenvalue weighted by molar-refractivity contribution is -0.129. The maximum absolute atomic E-state index is 12.5. The van der Waals surface area contributed by atoms with E-state index in [1.54, 1.807) is 23.1 Å². The number of benzene rings is 2. The van der Waals surface area contributed by atoms with Crippen molar-refractivity contribution in [2.45, 2.75) is 25.9 Å². The Labute approximate surface area is 169 Å². The van der Waals surface area contributed by atoms with Crippen LogP contribution in [0, 0.1) is 0 Å². The molecule has 2 heterocycles. The van der Waals surface area contributed by atoms with Crippen LogP contribution in [0.25, 0.3) is 0 Å². The molecule has 0 saturated carbocycles. The molecular weight excluding hydrogens is 372 g/mol. The fourth-order valence-electron chi connectivity index (χ4n) is 3.38. The largest absolute Gasteiger partial charge is 0.454 e. The number of nitrogens with zero attached hydrogens (tertiary/aromatic N) is 1. The van der Waals surface area contributed by atoms with Crippen LogP contribution in [-0.2, 0) is 9.53 Å². The lowest BCUT2D eigenvalue weighted by Gasteiger charge is -2.33. The average Bonchev–Trinajstić information content (AvgIpc) is 3.21. The van der Waals surface area contributed by atoms with Gasteiger partial charge in [0, 0.05) is 17.8 Å². The molecule has 2 aromatic rings. The minimum atomic E-state index is -0.282. The van der Waals surface area contributed by atoms with E-state index in [9.17, 15) is 9.59 Å². The van der Waals surface area contributed by atoms with Crippen LogP contribution in [0.2, 0.25) is 0 Å². The third-order valence-corrected chi connectivity index (χ3v) is 5.13. The van der Waals surface area contributed by atoms with Crippen LogP contribution in [0.5, 0.6) is 11.5 Å². The van der Waals surface area contributed by atoms with Crippen LogP contribution >= 0.6 is 0 Å². The standard InChI is InChI=1S/C22H24N2O5/c1-14(2)15-3-6-17(7-4-15)24-11-18(27-12-21(24)25)10-23-22(26)16-5-8-19-20(9-16)29-13-28-19/h3-9,14,18H,10-13H2,1-2H3,(H,23,26). The Morgan fingerprint density at radius 2 is 1.90 bits per heavy atom. The van der Waals surface area contributed by atoms with Gasteiger partial charge in [-0.05, 0) is 41.8 Å². The first kappa shape index (κ1) is 19.3. The quantitative estimate of drug-likeness (QED) is 0.841. The number of carbonyl (C=O) groups is 2. The Bertz CT molecular complexity index is 910. The number of hydrogen-bond acceptors (Lipinski definition) is 5. The molecule has 0 radical (unpaired) electrons. The van der Waals surface area contributed by atoms with E-state index < -0.39 is 0 Å². The number of amides is 2. The van der Waals surface area contributed by atoms with Crippen molar-refractivity contribution >= 4 is 17.5 Å². The molecule has 0 aliphatic carbocycles. The molecule has 4 rings (SSSR count). The normalized spacial score (nSPS) is 18.2. The number of rotatable bonds is 5. The summed E-state index contributed by atoms with van der Waals surface area (Å²) >= 11 is 0. The van der Waals surface area contributed by atoms with Gasteiger partial charge in [-0.3, -0.25) is 9.59 Å². The topological polar surface area (TPSA) is 77.1 Å². The molecule has 1 N–H and O–H groups in total. The van der Waals surface area contributed by atoms with Crippen molar-refractivity contribution < 1.29 is 23.8 Å².